The minimum absolute atomic E-state index is 0.109. The van der Waals surface area contributed by atoms with Crippen LogP contribution in [0.15, 0.2) is 18.2 Å². The number of nitrogens with zero attached hydrogens (tertiary/aromatic N) is 1. The van der Waals surface area contributed by atoms with Crippen LogP contribution in [-0.2, 0) is 16.2 Å². The van der Waals surface area contributed by atoms with Crippen molar-refractivity contribution in [1.82, 2.24) is 20.3 Å². The zero-order valence-corrected chi connectivity index (χ0v) is 18.1. The molecule has 2 fully saturated rings. The predicted octanol–water partition coefficient (Wildman–Crippen LogP) is 1.32. The molecule has 0 amide bonds. The molecule has 30 heavy (non-hydrogen) atoms. The molecule has 4 atom stereocenters. The number of benzene rings is 1. The lowest BCUT2D eigenvalue weighted by molar-refractivity contribution is -0.137. The predicted molar refractivity (Wildman–Crippen MR) is 109 cm³/mol. The summed E-state index contributed by atoms with van der Waals surface area (Å²) in [5.74, 6) is 0.234. The summed E-state index contributed by atoms with van der Waals surface area (Å²) in [6.45, 7) is 2.75. The van der Waals surface area contributed by atoms with Gasteiger partial charge in [0.2, 0.25) is 10.0 Å². The Balaban J connectivity index is 1.81. The number of sulfonamides is 1. The lowest BCUT2D eigenvalue weighted by Crippen LogP contribution is -2.62. The number of alkyl halides is 3. The minimum atomic E-state index is -4.55. The van der Waals surface area contributed by atoms with Gasteiger partial charge in [0.05, 0.1) is 29.2 Å². The Morgan fingerprint density at radius 3 is 2.70 bits per heavy atom. The summed E-state index contributed by atoms with van der Waals surface area (Å²) in [6, 6.07) is 3.85. The van der Waals surface area contributed by atoms with Gasteiger partial charge in [0.15, 0.2) is 0 Å². The maximum Gasteiger partial charge on any atom is 0.417 e. The number of halogens is 4. The molecule has 3 rings (SSSR count). The topological polar surface area (TPSA) is 99.5 Å². The highest BCUT2D eigenvalue weighted by Gasteiger charge is 2.39. The van der Waals surface area contributed by atoms with Crippen LogP contribution in [0, 0.1) is 11.8 Å². The van der Waals surface area contributed by atoms with Gasteiger partial charge in [0.25, 0.3) is 0 Å². The fraction of sp³-hybridized carbons (Fsp3) is 0.667. The van der Waals surface area contributed by atoms with Crippen molar-refractivity contribution in [2.24, 2.45) is 17.6 Å². The molecule has 0 saturated carbocycles. The van der Waals surface area contributed by atoms with Gasteiger partial charge in [-0.15, -0.1) is 0 Å². The van der Waals surface area contributed by atoms with Crippen molar-refractivity contribution >= 4 is 21.6 Å². The molecule has 2 aliphatic heterocycles. The monoisotopic (exact) mass is 469 g/mol. The van der Waals surface area contributed by atoms with Gasteiger partial charge >= 0.3 is 6.18 Å². The Morgan fingerprint density at radius 1 is 1.37 bits per heavy atom. The molecule has 12 heteroatoms. The summed E-state index contributed by atoms with van der Waals surface area (Å²) in [6.07, 6.45) is -3.27. The Hall–Kier alpha value is -0.950. The van der Waals surface area contributed by atoms with Crippen molar-refractivity contribution in [1.29, 1.82) is 0 Å². The summed E-state index contributed by atoms with van der Waals surface area (Å²) >= 11 is 5.75. The second kappa shape index (κ2) is 9.27. The van der Waals surface area contributed by atoms with Crippen molar-refractivity contribution in [2.45, 2.75) is 24.9 Å². The van der Waals surface area contributed by atoms with Crippen LogP contribution in [0.4, 0.5) is 13.2 Å². The molecule has 1 aromatic rings. The summed E-state index contributed by atoms with van der Waals surface area (Å²) in [5, 5.41) is 6.21. The van der Waals surface area contributed by atoms with Gasteiger partial charge in [0.1, 0.15) is 0 Å². The molecule has 170 valence electrons. The average molecular weight is 470 g/mol. The molecular weight excluding hydrogens is 443 g/mol. The molecular formula is C18H27ClF3N5O2S. The molecule has 2 saturated heterocycles. The second-order valence-corrected chi connectivity index (χ2v) is 10.2. The van der Waals surface area contributed by atoms with E-state index in [1.54, 1.807) is 6.07 Å². The summed E-state index contributed by atoms with van der Waals surface area (Å²) < 4.78 is 65.4. The molecule has 5 N–H and O–H groups in total. The number of rotatable bonds is 6. The van der Waals surface area contributed by atoms with E-state index in [1.165, 1.54) is 6.07 Å². The van der Waals surface area contributed by atoms with Crippen LogP contribution in [0.1, 0.15) is 23.7 Å². The fourth-order valence-electron chi connectivity index (χ4n) is 4.05. The molecule has 0 radical (unpaired) electrons. The third-order valence-electron chi connectivity index (χ3n) is 5.65. The Kier molecular flexibility index (Phi) is 7.33. The van der Waals surface area contributed by atoms with Crippen molar-refractivity contribution in [3.05, 3.63) is 34.3 Å². The van der Waals surface area contributed by atoms with Crippen LogP contribution in [0.2, 0.25) is 5.02 Å². The van der Waals surface area contributed by atoms with E-state index in [4.69, 9.17) is 17.3 Å². The third kappa shape index (κ3) is 5.84. The van der Waals surface area contributed by atoms with E-state index >= 15 is 0 Å². The molecule has 4 unspecified atom stereocenters. The van der Waals surface area contributed by atoms with Crippen LogP contribution >= 0.6 is 11.6 Å². The quantitative estimate of drug-likeness (QED) is 0.501. The van der Waals surface area contributed by atoms with E-state index < -0.39 is 27.9 Å². The highest BCUT2D eigenvalue weighted by molar-refractivity contribution is 7.88. The number of likely N-dealkylation sites (tertiary alicyclic amines) is 1. The van der Waals surface area contributed by atoms with Gasteiger partial charge in [-0.05, 0) is 36.6 Å². The van der Waals surface area contributed by atoms with Gasteiger partial charge in [-0.3, -0.25) is 15.5 Å². The SMILES string of the molecule is CS(=O)(=O)NCC1CNC(c2ccc(Cl)c(C(F)(F)F)c2)NC1N1CCC(CN)C1. The normalized spacial score (nSPS) is 28.7. The number of nitrogens with one attached hydrogen (secondary N) is 3. The van der Waals surface area contributed by atoms with Crippen molar-refractivity contribution in [3.8, 4) is 0 Å². The average Bonchev–Trinajstić information content (AvgIpc) is 3.14. The summed E-state index contributed by atoms with van der Waals surface area (Å²) in [4.78, 5) is 2.20. The molecule has 1 aromatic carbocycles. The van der Waals surface area contributed by atoms with Crippen LogP contribution in [0.3, 0.4) is 0 Å². The van der Waals surface area contributed by atoms with E-state index in [-0.39, 0.29) is 23.7 Å². The molecule has 0 spiro atoms. The molecule has 2 aliphatic rings. The smallest absolute Gasteiger partial charge is 0.330 e. The molecule has 7 nitrogen and oxygen atoms in total. The first-order valence-electron chi connectivity index (χ1n) is 9.72. The zero-order valence-electron chi connectivity index (χ0n) is 16.5. The van der Waals surface area contributed by atoms with Gasteiger partial charge in [-0.2, -0.15) is 13.2 Å². The summed E-state index contributed by atoms with van der Waals surface area (Å²) in [7, 11) is -3.36. The van der Waals surface area contributed by atoms with Gasteiger partial charge in [0, 0.05) is 32.1 Å². The largest absolute Gasteiger partial charge is 0.417 e. The minimum Gasteiger partial charge on any atom is -0.330 e. The first-order chi connectivity index (χ1) is 14.0. The van der Waals surface area contributed by atoms with Crippen LogP contribution < -0.4 is 21.1 Å². The van der Waals surface area contributed by atoms with E-state index in [9.17, 15) is 21.6 Å². The highest BCUT2D eigenvalue weighted by atomic mass is 35.5. The molecule has 0 aromatic heterocycles. The third-order valence-corrected chi connectivity index (χ3v) is 6.67. The van der Waals surface area contributed by atoms with E-state index in [0.717, 1.165) is 31.8 Å². The highest BCUT2D eigenvalue weighted by Crippen LogP contribution is 2.36. The van der Waals surface area contributed by atoms with E-state index in [2.05, 4.69) is 20.3 Å². The standard InChI is InChI=1S/C18H27ClF3N5O2S/c1-30(28,29)25-9-13-8-24-16(26-17(13)27-5-4-11(7-23)10-27)12-2-3-15(19)14(6-12)18(20,21)22/h2-3,6,11,13,16-17,24-26H,4-5,7-10,23H2,1H3. The van der Waals surface area contributed by atoms with E-state index in [0.29, 0.717) is 24.6 Å². The number of nitrogens with two attached hydrogens (primary N) is 1. The van der Waals surface area contributed by atoms with Crippen molar-refractivity contribution < 1.29 is 21.6 Å². The van der Waals surface area contributed by atoms with Crippen LogP contribution in [0.25, 0.3) is 0 Å². The lowest BCUT2D eigenvalue weighted by atomic mass is 9.98. The Morgan fingerprint density at radius 2 is 2.10 bits per heavy atom. The summed E-state index contributed by atoms with van der Waals surface area (Å²) in [5.41, 5.74) is 5.33. The second-order valence-electron chi connectivity index (χ2n) is 7.96. The molecule has 0 bridgehead atoms. The maximum atomic E-state index is 13.3. The zero-order chi connectivity index (χ0) is 22.1. The van der Waals surface area contributed by atoms with Crippen LogP contribution in [0.5, 0.6) is 0 Å². The van der Waals surface area contributed by atoms with Crippen molar-refractivity contribution in [2.75, 3.05) is 39.0 Å². The molecule has 2 heterocycles. The number of hydrogen-bond donors (Lipinski definition) is 4. The maximum absolute atomic E-state index is 13.3. The van der Waals surface area contributed by atoms with Crippen molar-refractivity contribution in [3.63, 3.8) is 0 Å². The van der Waals surface area contributed by atoms with Crippen LogP contribution in [-0.4, -0.2) is 58.5 Å². The molecule has 0 aliphatic carbocycles. The fourth-order valence-corrected chi connectivity index (χ4v) is 4.80. The van der Waals surface area contributed by atoms with Gasteiger partial charge in [-0.1, -0.05) is 17.7 Å². The first kappa shape index (κ1) is 23.7. The Labute approximate surface area is 179 Å². The first-order valence-corrected chi connectivity index (χ1v) is 12.0. The van der Waals surface area contributed by atoms with Gasteiger partial charge in [-0.25, -0.2) is 13.1 Å². The van der Waals surface area contributed by atoms with E-state index in [1.807, 2.05) is 0 Å². The Bertz CT molecular complexity index is 855. The van der Waals surface area contributed by atoms with Gasteiger partial charge < -0.3 is 5.73 Å². The lowest BCUT2D eigenvalue weighted by Gasteiger charge is -2.43. The number of hydrogen-bond acceptors (Lipinski definition) is 6.